The van der Waals surface area contributed by atoms with Crippen molar-refractivity contribution in [3.05, 3.63) is 59.9 Å². The molecule has 1 atom stereocenters. The first kappa shape index (κ1) is 18.6. The molecule has 3 heterocycles. The Balaban J connectivity index is 1.53. The smallest absolute Gasteiger partial charge is 0.246 e. The number of hydrogen-bond donors (Lipinski definition) is 0. The summed E-state index contributed by atoms with van der Waals surface area (Å²) in [4.78, 5) is 36.2. The number of rotatable bonds is 4. The van der Waals surface area contributed by atoms with Crippen LogP contribution in [0.25, 0.3) is 0 Å². The molecule has 0 saturated carbocycles. The van der Waals surface area contributed by atoms with Gasteiger partial charge in [-0.3, -0.25) is 19.5 Å². The molecule has 0 bridgehead atoms. The number of piperazine rings is 1. The molecule has 6 nitrogen and oxygen atoms in total. The lowest BCUT2D eigenvalue weighted by Gasteiger charge is -2.38. The normalized spacial score (nSPS) is 19.1. The molecule has 1 aromatic heterocycles. The van der Waals surface area contributed by atoms with E-state index in [0.717, 1.165) is 42.7 Å². The lowest BCUT2D eigenvalue weighted by Crippen LogP contribution is -2.55. The fraction of sp³-hybridized carbons (Fsp3) is 0.409. The summed E-state index contributed by atoms with van der Waals surface area (Å²) in [6.45, 7) is 5.01. The van der Waals surface area contributed by atoms with Gasteiger partial charge in [-0.15, -0.1) is 0 Å². The zero-order valence-electron chi connectivity index (χ0n) is 16.3. The quantitative estimate of drug-likeness (QED) is 0.820. The van der Waals surface area contributed by atoms with E-state index in [4.69, 9.17) is 0 Å². The van der Waals surface area contributed by atoms with Crippen LogP contribution in [0.5, 0.6) is 0 Å². The number of benzene rings is 1. The van der Waals surface area contributed by atoms with Crippen LogP contribution in [0.1, 0.15) is 30.0 Å². The van der Waals surface area contributed by atoms with Gasteiger partial charge in [0.05, 0.1) is 0 Å². The minimum absolute atomic E-state index is 0.00711. The summed E-state index contributed by atoms with van der Waals surface area (Å²) in [5, 5.41) is 0. The van der Waals surface area contributed by atoms with E-state index in [1.165, 1.54) is 0 Å². The van der Waals surface area contributed by atoms with E-state index in [0.29, 0.717) is 13.1 Å². The standard InChI is InChI=1S/C22H26N4O2/c1-17-7-2-3-9-19(17)26-14-13-25(16-20(26)27)22(28)21(24-11-4-5-12-24)18-8-6-10-23-15-18/h2-3,6-10,15,21H,4-5,11-14,16H2,1H3. The molecule has 2 aliphatic rings. The predicted octanol–water partition coefficient (Wildman–Crippen LogP) is 2.40. The van der Waals surface area contributed by atoms with E-state index < -0.39 is 0 Å². The Morgan fingerprint density at radius 1 is 1.04 bits per heavy atom. The number of likely N-dealkylation sites (tertiary alicyclic amines) is 1. The van der Waals surface area contributed by atoms with E-state index in [9.17, 15) is 9.59 Å². The van der Waals surface area contributed by atoms with E-state index in [2.05, 4.69) is 9.88 Å². The first-order chi connectivity index (χ1) is 13.6. The molecule has 2 amide bonds. The van der Waals surface area contributed by atoms with Crippen LogP contribution in [-0.4, -0.2) is 59.3 Å². The van der Waals surface area contributed by atoms with E-state index in [1.807, 2.05) is 43.3 Å². The number of nitrogens with zero attached hydrogens (tertiary/aromatic N) is 4. The molecule has 0 radical (unpaired) electrons. The van der Waals surface area contributed by atoms with Gasteiger partial charge in [0, 0.05) is 31.2 Å². The van der Waals surface area contributed by atoms with Gasteiger partial charge in [0.1, 0.15) is 12.6 Å². The summed E-state index contributed by atoms with van der Waals surface area (Å²) >= 11 is 0. The zero-order chi connectivity index (χ0) is 19.5. The van der Waals surface area contributed by atoms with Crippen LogP contribution in [0.15, 0.2) is 48.8 Å². The predicted molar refractivity (Wildman–Crippen MR) is 108 cm³/mol. The van der Waals surface area contributed by atoms with E-state index in [1.54, 1.807) is 22.2 Å². The molecule has 0 N–H and O–H groups in total. The van der Waals surface area contributed by atoms with Crippen LogP contribution < -0.4 is 4.90 Å². The third kappa shape index (κ3) is 3.64. The topological polar surface area (TPSA) is 56.8 Å². The van der Waals surface area contributed by atoms with Crippen LogP contribution in [0, 0.1) is 6.92 Å². The Morgan fingerprint density at radius 3 is 2.50 bits per heavy atom. The summed E-state index contributed by atoms with van der Waals surface area (Å²) in [5.74, 6) is -0.0204. The Bertz CT molecular complexity index is 849. The molecule has 28 heavy (non-hydrogen) atoms. The highest BCUT2D eigenvalue weighted by Gasteiger charge is 2.36. The van der Waals surface area contributed by atoms with Crippen molar-refractivity contribution in [1.29, 1.82) is 0 Å². The fourth-order valence-electron chi connectivity index (χ4n) is 4.20. The molecule has 2 fully saturated rings. The van der Waals surface area contributed by atoms with Crippen LogP contribution in [0.4, 0.5) is 5.69 Å². The van der Waals surface area contributed by atoms with E-state index >= 15 is 0 Å². The largest absolute Gasteiger partial charge is 0.330 e. The Hall–Kier alpha value is -2.73. The number of para-hydroxylation sites is 1. The number of hydrogen-bond acceptors (Lipinski definition) is 4. The van der Waals surface area contributed by atoms with Gasteiger partial charge >= 0.3 is 0 Å². The van der Waals surface area contributed by atoms with Gasteiger partial charge in [0.25, 0.3) is 0 Å². The summed E-state index contributed by atoms with van der Waals surface area (Å²) in [6, 6.07) is 11.4. The highest BCUT2D eigenvalue weighted by molar-refractivity contribution is 5.99. The molecular formula is C22H26N4O2. The minimum atomic E-state index is -0.353. The molecule has 1 unspecified atom stereocenters. The van der Waals surface area contributed by atoms with Crippen LogP contribution in [-0.2, 0) is 9.59 Å². The molecule has 146 valence electrons. The average molecular weight is 378 g/mol. The van der Waals surface area contributed by atoms with Crippen molar-refractivity contribution >= 4 is 17.5 Å². The van der Waals surface area contributed by atoms with Gasteiger partial charge in [-0.1, -0.05) is 24.3 Å². The van der Waals surface area contributed by atoms with Crippen molar-refractivity contribution in [1.82, 2.24) is 14.8 Å². The number of aromatic nitrogens is 1. The number of amides is 2. The van der Waals surface area contributed by atoms with Gasteiger partial charge in [-0.05, 0) is 56.1 Å². The summed E-state index contributed by atoms with van der Waals surface area (Å²) in [5.41, 5.74) is 2.91. The van der Waals surface area contributed by atoms with Crippen LogP contribution in [0.3, 0.4) is 0 Å². The van der Waals surface area contributed by atoms with Crippen LogP contribution in [0.2, 0.25) is 0 Å². The number of carbonyl (C=O) groups excluding carboxylic acids is 2. The molecule has 2 aromatic rings. The molecule has 2 aliphatic heterocycles. The lowest BCUT2D eigenvalue weighted by atomic mass is 10.1. The number of anilines is 1. The van der Waals surface area contributed by atoms with Crippen molar-refractivity contribution in [3.8, 4) is 0 Å². The molecule has 1 aromatic carbocycles. The summed E-state index contributed by atoms with van der Waals surface area (Å²) in [7, 11) is 0. The van der Waals surface area contributed by atoms with Crippen molar-refractivity contribution in [3.63, 3.8) is 0 Å². The van der Waals surface area contributed by atoms with Crippen molar-refractivity contribution in [2.45, 2.75) is 25.8 Å². The van der Waals surface area contributed by atoms with Gasteiger partial charge in [-0.2, -0.15) is 0 Å². The number of aryl methyl sites for hydroxylation is 1. The van der Waals surface area contributed by atoms with Crippen molar-refractivity contribution in [2.24, 2.45) is 0 Å². The second kappa shape index (κ2) is 8.10. The number of pyridine rings is 1. The third-order valence-electron chi connectivity index (χ3n) is 5.68. The first-order valence-corrected chi connectivity index (χ1v) is 9.94. The van der Waals surface area contributed by atoms with Crippen molar-refractivity contribution in [2.75, 3.05) is 37.6 Å². The monoisotopic (exact) mass is 378 g/mol. The maximum absolute atomic E-state index is 13.4. The maximum atomic E-state index is 13.4. The Kier molecular flexibility index (Phi) is 5.39. The van der Waals surface area contributed by atoms with Gasteiger partial charge < -0.3 is 9.80 Å². The average Bonchev–Trinajstić information content (AvgIpc) is 3.24. The zero-order valence-corrected chi connectivity index (χ0v) is 16.3. The summed E-state index contributed by atoms with van der Waals surface area (Å²) < 4.78 is 0. The molecule has 2 saturated heterocycles. The molecule has 6 heteroatoms. The number of carbonyl (C=O) groups is 2. The van der Waals surface area contributed by atoms with E-state index in [-0.39, 0.29) is 24.4 Å². The van der Waals surface area contributed by atoms with Crippen LogP contribution >= 0.6 is 0 Å². The van der Waals surface area contributed by atoms with Gasteiger partial charge in [0.2, 0.25) is 11.8 Å². The molecule has 4 rings (SSSR count). The van der Waals surface area contributed by atoms with Gasteiger partial charge in [0.15, 0.2) is 0 Å². The Morgan fingerprint density at radius 2 is 1.82 bits per heavy atom. The third-order valence-corrected chi connectivity index (χ3v) is 5.68. The SMILES string of the molecule is Cc1ccccc1N1CCN(C(=O)C(c2cccnc2)N2CCCC2)CC1=O. The highest BCUT2D eigenvalue weighted by Crippen LogP contribution is 2.28. The minimum Gasteiger partial charge on any atom is -0.330 e. The molecule has 0 spiro atoms. The fourth-order valence-corrected chi connectivity index (χ4v) is 4.20. The lowest BCUT2D eigenvalue weighted by molar-refractivity contribution is -0.141. The Labute approximate surface area is 165 Å². The van der Waals surface area contributed by atoms with Crippen molar-refractivity contribution < 1.29 is 9.59 Å². The highest BCUT2D eigenvalue weighted by atomic mass is 16.2. The molecular weight excluding hydrogens is 352 g/mol. The summed E-state index contributed by atoms with van der Waals surface area (Å²) in [6.07, 6.45) is 5.69. The molecule has 0 aliphatic carbocycles. The maximum Gasteiger partial charge on any atom is 0.246 e. The second-order valence-corrected chi connectivity index (χ2v) is 7.52. The second-order valence-electron chi connectivity index (χ2n) is 7.52. The van der Waals surface area contributed by atoms with Gasteiger partial charge in [-0.25, -0.2) is 0 Å². The first-order valence-electron chi connectivity index (χ1n) is 9.94.